The first-order valence-electron chi connectivity index (χ1n) is 6.58. The van der Waals surface area contributed by atoms with E-state index < -0.39 is 0 Å². The second-order valence-electron chi connectivity index (χ2n) is 5.05. The lowest BCUT2D eigenvalue weighted by atomic mass is 10.2. The van der Waals surface area contributed by atoms with Crippen LogP contribution in [0.5, 0.6) is 0 Å². The number of anilines is 1. The average molecular weight is 306 g/mol. The first-order valence-corrected chi connectivity index (χ1v) is 6.96. The molecule has 6 nitrogen and oxygen atoms in total. The molecule has 21 heavy (non-hydrogen) atoms. The standard InChI is InChI=1S/C14H16ClN5O/c1-20(2)8-9-6-16-12-11(9)13(19-14(15)18-12)17-7-10-4-3-5-21-10/h3-6H,7-8H2,1-2H3,(H2,16,17,18,19). The molecule has 0 spiro atoms. The molecule has 0 amide bonds. The highest BCUT2D eigenvalue weighted by Gasteiger charge is 2.14. The molecular weight excluding hydrogens is 290 g/mol. The van der Waals surface area contributed by atoms with Crippen molar-refractivity contribution in [2.24, 2.45) is 0 Å². The smallest absolute Gasteiger partial charge is 0.226 e. The quantitative estimate of drug-likeness (QED) is 0.709. The molecule has 0 fully saturated rings. The molecule has 0 radical (unpaired) electrons. The van der Waals surface area contributed by atoms with Crippen molar-refractivity contribution >= 4 is 28.5 Å². The Morgan fingerprint density at radius 2 is 2.24 bits per heavy atom. The van der Waals surface area contributed by atoms with Crippen LogP contribution in [0.3, 0.4) is 0 Å². The highest BCUT2D eigenvalue weighted by Crippen LogP contribution is 2.26. The second-order valence-corrected chi connectivity index (χ2v) is 5.39. The van der Waals surface area contributed by atoms with Crippen molar-refractivity contribution in [3.05, 3.63) is 41.2 Å². The van der Waals surface area contributed by atoms with Crippen molar-refractivity contribution in [3.63, 3.8) is 0 Å². The third kappa shape index (κ3) is 3.01. The predicted octanol–water partition coefficient (Wildman–Crippen LogP) is 2.88. The van der Waals surface area contributed by atoms with Crippen LogP contribution in [-0.2, 0) is 13.1 Å². The van der Waals surface area contributed by atoms with Crippen molar-refractivity contribution < 1.29 is 4.42 Å². The van der Waals surface area contributed by atoms with Gasteiger partial charge >= 0.3 is 0 Å². The summed E-state index contributed by atoms with van der Waals surface area (Å²) in [6.45, 7) is 1.34. The monoisotopic (exact) mass is 305 g/mol. The highest BCUT2D eigenvalue weighted by atomic mass is 35.5. The third-order valence-electron chi connectivity index (χ3n) is 3.08. The Bertz CT molecular complexity index is 735. The Balaban J connectivity index is 1.96. The number of aromatic nitrogens is 3. The van der Waals surface area contributed by atoms with E-state index in [-0.39, 0.29) is 5.28 Å². The summed E-state index contributed by atoms with van der Waals surface area (Å²) in [4.78, 5) is 13.8. The number of hydrogen-bond donors (Lipinski definition) is 2. The van der Waals surface area contributed by atoms with E-state index in [1.54, 1.807) is 6.26 Å². The van der Waals surface area contributed by atoms with Gasteiger partial charge < -0.3 is 19.6 Å². The van der Waals surface area contributed by atoms with E-state index >= 15 is 0 Å². The van der Waals surface area contributed by atoms with E-state index in [9.17, 15) is 0 Å². The summed E-state index contributed by atoms with van der Waals surface area (Å²) in [5.74, 6) is 1.54. The fourth-order valence-corrected chi connectivity index (χ4v) is 2.42. The number of nitrogens with one attached hydrogen (secondary N) is 2. The third-order valence-corrected chi connectivity index (χ3v) is 3.25. The first-order chi connectivity index (χ1) is 10.1. The molecule has 0 unspecified atom stereocenters. The molecule has 0 saturated heterocycles. The predicted molar refractivity (Wildman–Crippen MR) is 82.3 cm³/mol. The Morgan fingerprint density at radius 3 is 2.95 bits per heavy atom. The van der Waals surface area contributed by atoms with Gasteiger partial charge in [0.15, 0.2) is 0 Å². The molecule has 0 aliphatic carbocycles. The van der Waals surface area contributed by atoms with Gasteiger partial charge in [0.25, 0.3) is 0 Å². The number of furan rings is 1. The van der Waals surface area contributed by atoms with Gasteiger partial charge in [-0.25, -0.2) is 4.98 Å². The molecule has 0 bridgehead atoms. The fourth-order valence-electron chi connectivity index (χ4n) is 2.25. The van der Waals surface area contributed by atoms with Crippen molar-refractivity contribution in [3.8, 4) is 0 Å². The van der Waals surface area contributed by atoms with Crippen molar-refractivity contribution in [2.45, 2.75) is 13.1 Å². The fraction of sp³-hybridized carbons (Fsp3) is 0.286. The molecule has 0 aliphatic rings. The zero-order valence-corrected chi connectivity index (χ0v) is 12.6. The molecule has 3 aromatic heterocycles. The van der Waals surface area contributed by atoms with Crippen LogP contribution in [0.15, 0.2) is 29.0 Å². The van der Waals surface area contributed by atoms with Gasteiger partial charge in [0.1, 0.15) is 17.2 Å². The van der Waals surface area contributed by atoms with Gasteiger partial charge in [-0.05, 0) is 43.4 Å². The maximum absolute atomic E-state index is 5.98. The van der Waals surface area contributed by atoms with Gasteiger partial charge in [0.2, 0.25) is 5.28 Å². The molecule has 3 aromatic rings. The Morgan fingerprint density at radius 1 is 1.38 bits per heavy atom. The van der Waals surface area contributed by atoms with Gasteiger partial charge in [-0.15, -0.1) is 0 Å². The molecule has 0 atom stereocenters. The normalized spacial score (nSPS) is 11.4. The number of fused-ring (bicyclic) bond motifs is 1. The van der Waals surface area contributed by atoms with Gasteiger partial charge in [0.05, 0.1) is 18.2 Å². The summed E-state index contributed by atoms with van der Waals surface area (Å²) in [6.07, 6.45) is 3.58. The van der Waals surface area contributed by atoms with Crippen LogP contribution in [0.4, 0.5) is 5.82 Å². The maximum atomic E-state index is 5.98. The maximum Gasteiger partial charge on any atom is 0.226 e. The van der Waals surface area contributed by atoms with Gasteiger partial charge in [-0.3, -0.25) is 0 Å². The van der Waals surface area contributed by atoms with Crippen LogP contribution >= 0.6 is 11.6 Å². The van der Waals surface area contributed by atoms with Crippen molar-refractivity contribution in [1.29, 1.82) is 0 Å². The summed E-state index contributed by atoms with van der Waals surface area (Å²) in [5.41, 5.74) is 1.85. The molecule has 0 aliphatic heterocycles. The highest BCUT2D eigenvalue weighted by molar-refractivity contribution is 6.28. The van der Waals surface area contributed by atoms with Crippen molar-refractivity contribution in [1.82, 2.24) is 19.9 Å². The molecule has 0 saturated carbocycles. The Hall–Kier alpha value is -2.05. The lowest BCUT2D eigenvalue weighted by Crippen LogP contribution is -2.11. The minimum absolute atomic E-state index is 0.211. The summed E-state index contributed by atoms with van der Waals surface area (Å²) in [7, 11) is 4.04. The van der Waals surface area contributed by atoms with Crippen LogP contribution < -0.4 is 5.32 Å². The van der Waals surface area contributed by atoms with Crippen LogP contribution in [0.2, 0.25) is 5.28 Å². The minimum atomic E-state index is 0.211. The number of halogens is 1. The zero-order valence-electron chi connectivity index (χ0n) is 11.9. The number of nitrogens with zero attached hydrogens (tertiary/aromatic N) is 3. The van der Waals surface area contributed by atoms with Crippen molar-refractivity contribution in [2.75, 3.05) is 19.4 Å². The van der Waals surface area contributed by atoms with Crippen LogP contribution in [0.1, 0.15) is 11.3 Å². The molecule has 3 rings (SSSR count). The SMILES string of the molecule is CN(C)Cc1c[nH]c2nc(Cl)nc(NCc3ccco3)c12. The minimum Gasteiger partial charge on any atom is -0.467 e. The van der Waals surface area contributed by atoms with E-state index in [0.717, 1.165) is 28.9 Å². The number of H-pyrrole nitrogens is 1. The molecule has 2 N–H and O–H groups in total. The average Bonchev–Trinajstić information content (AvgIpc) is 3.05. The molecule has 110 valence electrons. The van der Waals surface area contributed by atoms with Gasteiger partial charge in [-0.2, -0.15) is 4.98 Å². The number of aromatic amines is 1. The molecule has 7 heteroatoms. The zero-order chi connectivity index (χ0) is 14.8. The lowest BCUT2D eigenvalue weighted by molar-refractivity contribution is 0.404. The van der Waals surface area contributed by atoms with E-state index in [2.05, 4.69) is 25.2 Å². The van der Waals surface area contributed by atoms with E-state index in [4.69, 9.17) is 16.0 Å². The number of rotatable bonds is 5. The molecule has 3 heterocycles. The van der Waals surface area contributed by atoms with Gasteiger partial charge in [0, 0.05) is 12.7 Å². The van der Waals surface area contributed by atoms with Crippen LogP contribution in [0.25, 0.3) is 11.0 Å². The van der Waals surface area contributed by atoms with E-state index in [0.29, 0.717) is 12.4 Å². The van der Waals surface area contributed by atoms with E-state index in [1.807, 2.05) is 32.4 Å². The Kier molecular flexibility index (Phi) is 3.81. The second kappa shape index (κ2) is 5.75. The lowest BCUT2D eigenvalue weighted by Gasteiger charge is -2.11. The van der Waals surface area contributed by atoms with Crippen LogP contribution in [0, 0.1) is 0 Å². The van der Waals surface area contributed by atoms with Crippen LogP contribution in [-0.4, -0.2) is 33.9 Å². The Labute approximate surface area is 127 Å². The molecule has 0 aromatic carbocycles. The van der Waals surface area contributed by atoms with Gasteiger partial charge in [-0.1, -0.05) is 0 Å². The summed E-state index contributed by atoms with van der Waals surface area (Å²) in [6, 6.07) is 3.76. The summed E-state index contributed by atoms with van der Waals surface area (Å²) in [5, 5.41) is 4.43. The summed E-state index contributed by atoms with van der Waals surface area (Å²) >= 11 is 5.98. The molecular formula is C14H16ClN5O. The topological polar surface area (TPSA) is 70.0 Å². The largest absolute Gasteiger partial charge is 0.467 e. The first kappa shape index (κ1) is 13.9. The summed E-state index contributed by atoms with van der Waals surface area (Å²) < 4.78 is 5.32. The van der Waals surface area contributed by atoms with E-state index in [1.165, 1.54) is 0 Å². The number of hydrogen-bond acceptors (Lipinski definition) is 5.